The third-order valence-corrected chi connectivity index (χ3v) is 5.99. The minimum Gasteiger partial charge on any atom is -0.361 e. The summed E-state index contributed by atoms with van der Waals surface area (Å²) < 4.78 is 0. The smallest absolute Gasteiger partial charge is 0.224 e. The van der Waals surface area contributed by atoms with Gasteiger partial charge in [-0.1, -0.05) is 18.2 Å². The maximum atomic E-state index is 12.7. The number of carbonyl (C=O) groups is 1. The zero-order valence-electron chi connectivity index (χ0n) is 15.2. The molecule has 1 saturated heterocycles. The number of hydrogen-bond donors (Lipinski definition) is 3. The normalized spacial score (nSPS) is 25.0. The zero-order chi connectivity index (χ0) is 18.1. The Labute approximate surface area is 154 Å². The Hall–Kier alpha value is -2.11. The maximum Gasteiger partial charge on any atom is 0.224 e. The molecule has 2 heterocycles. The number of fused-ring (bicyclic) bond motifs is 2. The first-order valence-corrected chi connectivity index (χ1v) is 9.64. The lowest BCUT2D eigenvalue weighted by Crippen LogP contribution is -2.53. The highest BCUT2D eigenvalue weighted by Crippen LogP contribution is 2.44. The quantitative estimate of drug-likeness (QED) is 0.551. The molecule has 26 heavy (non-hydrogen) atoms. The Kier molecular flexibility index (Phi) is 4.83. The number of hydrogen-bond acceptors (Lipinski definition) is 3. The van der Waals surface area contributed by atoms with Crippen LogP contribution in [0.25, 0.3) is 10.9 Å². The highest BCUT2D eigenvalue weighted by molar-refractivity contribution is 5.88. The van der Waals surface area contributed by atoms with E-state index >= 15 is 0 Å². The largest absolute Gasteiger partial charge is 0.361 e. The van der Waals surface area contributed by atoms with Crippen LogP contribution in [0.1, 0.15) is 29.9 Å². The van der Waals surface area contributed by atoms with Gasteiger partial charge in [-0.15, -0.1) is 6.58 Å². The molecule has 1 fully saturated rings. The van der Waals surface area contributed by atoms with E-state index in [2.05, 4.69) is 46.2 Å². The van der Waals surface area contributed by atoms with Crippen LogP contribution in [0.15, 0.2) is 37.1 Å². The minimum atomic E-state index is 0.0183. The van der Waals surface area contributed by atoms with Gasteiger partial charge in [0.15, 0.2) is 0 Å². The molecule has 1 aromatic heterocycles. The third kappa shape index (κ3) is 2.95. The van der Waals surface area contributed by atoms with Gasteiger partial charge in [-0.3, -0.25) is 9.69 Å². The molecule has 138 valence electrons. The fraction of sp³-hybridized carbons (Fsp3) is 0.476. The number of nitrogens with two attached hydrogens (primary N) is 1. The van der Waals surface area contributed by atoms with Crippen molar-refractivity contribution in [2.45, 2.75) is 31.2 Å². The molecule has 1 aliphatic heterocycles. The fourth-order valence-electron chi connectivity index (χ4n) is 4.82. The summed E-state index contributed by atoms with van der Waals surface area (Å²) in [6, 6.07) is 6.96. The number of carbonyl (C=O) groups excluding carboxylic acids is 1. The zero-order valence-corrected chi connectivity index (χ0v) is 15.2. The number of rotatable bonds is 6. The summed E-state index contributed by atoms with van der Waals surface area (Å²) in [6.45, 7) is 6.83. The number of aromatic nitrogens is 1. The molecule has 4 N–H and O–H groups in total. The van der Waals surface area contributed by atoms with Gasteiger partial charge in [-0.05, 0) is 43.0 Å². The molecule has 1 aliphatic carbocycles. The molecule has 5 heteroatoms. The summed E-state index contributed by atoms with van der Waals surface area (Å²) in [4.78, 5) is 18.6. The first-order valence-electron chi connectivity index (χ1n) is 9.64. The van der Waals surface area contributed by atoms with Crippen LogP contribution in [0, 0.1) is 5.92 Å². The average molecular weight is 352 g/mol. The van der Waals surface area contributed by atoms with Crippen LogP contribution < -0.4 is 11.1 Å². The molecule has 0 radical (unpaired) electrons. The number of benzene rings is 1. The summed E-state index contributed by atoms with van der Waals surface area (Å²) in [7, 11) is 0. The van der Waals surface area contributed by atoms with Gasteiger partial charge >= 0.3 is 0 Å². The van der Waals surface area contributed by atoms with Crippen molar-refractivity contribution in [3.63, 3.8) is 0 Å². The van der Waals surface area contributed by atoms with Crippen molar-refractivity contribution in [3.8, 4) is 0 Å². The number of likely N-dealkylation sites (tertiary alicyclic amines) is 1. The van der Waals surface area contributed by atoms with Gasteiger partial charge < -0.3 is 16.0 Å². The van der Waals surface area contributed by atoms with E-state index in [1.54, 1.807) is 0 Å². The number of nitrogens with zero attached hydrogens (tertiary/aromatic N) is 1. The maximum absolute atomic E-state index is 12.7. The van der Waals surface area contributed by atoms with Crippen LogP contribution in [0.4, 0.5) is 0 Å². The summed E-state index contributed by atoms with van der Waals surface area (Å²) in [5, 5.41) is 4.44. The lowest BCUT2D eigenvalue weighted by molar-refractivity contribution is -0.127. The third-order valence-electron chi connectivity index (χ3n) is 5.99. The van der Waals surface area contributed by atoms with Crippen molar-refractivity contribution in [3.05, 3.63) is 48.2 Å². The van der Waals surface area contributed by atoms with Crippen LogP contribution >= 0.6 is 0 Å². The molecule has 4 rings (SSSR count). The van der Waals surface area contributed by atoms with Gasteiger partial charge in [0.25, 0.3) is 0 Å². The van der Waals surface area contributed by atoms with Crippen LogP contribution in [0.3, 0.4) is 0 Å². The van der Waals surface area contributed by atoms with E-state index in [0.717, 1.165) is 32.4 Å². The van der Waals surface area contributed by atoms with Crippen molar-refractivity contribution in [2.24, 2.45) is 11.7 Å². The second-order valence-corrected chi connectivity index (χ2v) is 7.57. The molecular formula is C21H28N4O. The topological polar surface area (TPSA) is 74.2 Å². The molecule has 0 bridgehead atoms. The summed E-state index contributed by atoms with van der Waals surface area (Å²) in [5.41, 5.74) is 9.55. The molecule has 0 unspecified atom stereocenters. The van der Waals surface area contributed by atoms with Crippen molar-refractivity contribution < 1.29 is 4.79 Å². The van der Waals surface area contributed by atoms with E-state index < -0.39 is 0 Å². The molecule has 5 nitrogen and oxygen atoms in total. The Morgan fingerprint density at radius 2 is 2.35 bits per heavy atom. The molecule has 0 spiro atoms. The molecule has 0 saturated carbocycles. The van der Waals surface area contributed by atoms with E-state index in [9.17, 15) is 4.79 Å². The lowest BCUT2D eigenvalue weighted by atomic mass is 9.72. The Morgan fingerprint density at radius 1 is 1.46 bits per heavy atom. The minimum absolute atomic E-state index is 0.0183. The fourth-order valence-corrected chi connectivity index (χ4v) is 4.82. The van der Waals surface area contributed by atoms with Crippen LogP contribution in [0.2, 0.25) is 0 Å². The number of amides is 1. The first kappa shape index (κ1) is 17.3. The van der Waals surface area contributed by atoms with E-state index in [1.165, 1.54) is 22.0 Å². The molecule has 1 amide bonds. The SMILES string of the molecule is C=CCN1C[C@H](C(=O)NCCCN)C[C@@H]2c3cccc4[nH]cc(c34)C[C@H]21. The molecule has 3 atom stereocenters. The Balaban J connectivity index is 1.63. The predicted molar refractivity (Wildman–Crippen MR) is 105 cm³/mol. The highest BCUT2D eigenvalue weighted by atomic mass is 16.1. The van der Waals surface area contributed by atoms with Gasteiger partial charge in [0.05, 0.1) is 5.92 Å². The van der Waals surface area contributed by atoms with Gasteiger partial charge in [0.1, 0.15) is 0 Å². The van der Waals surface area contributed by atoms with Crippen LogP contribution in [-0.2, 0) is 11.2 Å². The Morgan fingerprint density at radius 3 is 3.15 bits per heavy atom. The van der Waals surface area contributed by atoms with Crippen LogP contribution in [-0.4, -0.2) is 48.0 Å². The van der Waals surface area contributed by atoms with E-state index in [-0.39, 0.29) is 11.8 Å². The second-order valence-electron chi connectivity index (χ2n) is 7.57. The van der Waals surface area contributed by atoms with Gasteiger partial charge in [0.2, 0.25) is 5.91 Å². The molecule has 1 aromatic carbocycles. The lowest BCUT2D eigenvalue weighted by Gasteiger charge is -2.46. The molecule has 2 aromatic rings. The number of nitrogens with one attached hydrogen (secondary N) is 2. The van der Waals surface area contributed by atoms with Gasteiger partial charge in [0, 0.05) is 48.7 Å². The second kappa shape index (κ2) is 7.25. The number of H-pyrrole nitrogens is 1. The Bertz CT molecular complexity index is 811. The summed E-state index contributed by atoms with van der Waals surface area (Å²) in [6.07, 6.45) is 6.89. The standard InChI is InChI=1S/C21H28N4O/c1-2-9-25-13-15(21(26)23-8-4-7-22)10-17-16-5-3-6-18-20(16)14(12-24-18)11-19(17)25/h2-3,5-6,12,15,17,19,24H,1,4,7-11,13,22H2,(H,23,26)/t15-,17-,19-/m1/s1. The van der Waals surface area contributed by atoms with Crippen molar-refractivity contribution in [1.82, 2.24) is 15.2 Å². The van der Waals surface area contributed by atoms with Gasteiger partial charge in [-0.25, -0.2) is 0 Å². The highest BCUT2D eigenvalue weighted by Gasteiger charge is 2.42. The monoisotopic (exact) mass is 352 g/mol. The van der Waals surface area contributed by atoms with E-state index in [1.807, 2.05) is 6.08 Å². The van der Waals surface area contributed by atoms with Crippen molar-refractivity contribution in [1.29, 1.82) is 0 Å². The van der Waals surface area contributed by atoms with Gasteiger partial charge in [-0.2, -0.15) is 0 Å². The van der Waals surface area contributed by atoms with E-state index in [0.29, 0.717) is 25.0 Å². The number of aromatic amines is 1. The predicted octanol–water partition coefficient (Wildman–Crippen LogP) is 2.15. The van der Waals surface area contributed by atoms with Crippen LogP contribution in [0.5, 0.6) is 0 Å². The van der Waals surface area contributed by atoms with E-state index in [4.69, 9.17) is 5.73 Å². The molecule has 2 aliphatic rings. The average Bonchev–Trinajstić information content (AvgIpc) is 3.07. The first-order chi connectivity index (χ1) is 12.7. The van der Waals surface area contributed by atoms with Crippen molar-refractivity contribution in [2.75, 3.05) is 26.2 Å². The summed E-state index contributed by atoms with van der Waals surface area (Å²) >= 11 is 0. The van der Waals surface area contributed by atoms with Crippen molar-refractivity contribution >= 4 is 16.8 Å². The number of piperidine rings is 1. The molecular weight excluding hydrogens is 324 g/mol. The summed E-state index contributed by atoms with van der Waals surface area (Å²) in [5.74, 6) is 0.573.